The molecule has 0 unspecified atom stereocenters. The molecule has 0 radical (unpaired) electrons. The standard InChI is InChI=1S/C26H23Cl2P/c27-20-22-12-10-11-13-23(22)21-29(28,24-14-4-1-5-15-24,25-16-6-2-7-17-25)26-18-8-3-9-19-26/h1-19H,20-21H2. The van der Waals surface area contributed by atoms with Crippen molar-refractivity contribution in [2.75, 3.05) is 0 Å². The molecular formula is C26H23Cl2P. The Labute approximate surface area is 182 Å². The van der Waals surface area contributed by atoms with Gasteiger partial charge < -0.3 is 0 Å². The summed E-state index contributed by atoms with van der Waals surface area (Å²) >= 11 is 14.4. The average Bonchev–Trinajstić information content (AvgIpc) is 2.81. The van der Waals surface area contributed by atoms with Gasteiger partial charge in [-0.15, -0.1) is 0 Å². The molecular weight excluding hydrogens is 414 g/mol. The van der Waals surface area contributed by atoms with E-state index in [2.05, 4.69) is 91.0 Å². The second-order valence-corrected chi connectivity index (χ2v) is 14.0. The van der Waals surface area contributed by atoms with Gasteiger partial charge in [0.1, 0.15) is 0 Å². The van der Waals surface area contributed by atoms with Crippen molar-refractivity contribution in [1.29, 1.82) is 0 Å². The molecule has 0 spiro atoms. The molecule has 0 aliphatic carbocycles. The fourth-order valence-corrected chi connectivity index (χ4v) is 10.5. The second-order valence-electron chi connectivity index (χ2n) is 7.25. The summed E-state index contributed by atoms with van der Waals surface area (Å²) in [7, 11) is 0. The Morgan fingerprint density at radius 2 is 0.828 bits per heavy atom. The van der Waals surface area contributed by atoms with E-state index in [1.807, 2.05) is 24.3 Å². The minimum atomic E-state index is -3.32. The summed E-state index contributed by atoms with van der Waals surface area (Å²) in [5.41, 5.74) is 2.33. The zero-order valence-corrected chi connectivity index (χ0v) is 18.5. The summed E-state index contributed by atoms with van der Waals surface area (Å²) < 4.78 is 0. The maximum atomic E-state index is 8.12. The van der Waals surface area contributed by atoms with Gasteiger partial charge in [0.15, 0.2) is 0 Å². The first-order chi connectivity index (χ1) is 14.2. The first-order valence-corrected chi connectivity index (χ1v) is 13.6. The average molecular weight is 437 g/mol. The topological polar surface area (TPSA) is 0 Å². The van der Waals surface area contributed by atoms with Gasteiger partial charge in [-0.3, -0.25) is 0 Å². The molecule has 29 heavy (non-hydrogen) atoms. The first-order valence-electron chi connectivity index (χ1n) is 9.69. The predicted molar refractivity (Wildman–Crippen MR) is 131 cm³/mol. The monoisotopic (exact) mass is 436 g/mol. The third kappa shape index (κ3) is 3.51. The molecule has 4 aromatic carbocycles. The van der Waals surface area contributed by atoms with Crippen LogP contribution in [0.4, 0.5) is 0 Å². The summed E-state index contributed by atoms with van der Waals surface area (Å²) in [6.07, 6.45) is 0.716. The van der Waals surface area contributed by atoms with Crippen LogP contribution >= 0.6 is 28.8 Å². The third-order valence-electron chi connectivity index (χ3n) is 5.61. The van der Waals surface area contributed by atoms with Gasteiger partial charge in [0, 0.05) is 0 Å². The van der Waals surface area contributed by atoms with Crippen LogP contribution in [0.5, 0.6) is 0 Å². The van der Waals surface area contributed by atoms with Crippen molar-refractivity contribution in [3.63, 3.8) is 0 Å². The Morgan fingerprint density at radius 1 is 0.483 bits per heavy atom. The van der Waals surface area contributed by atoms with E-state index in [4.69, 9.17) is 22.8 Å². The zero-order chi connectivity index (χ0) is 20.2. The van der Waals surface area contributed by atoms with Crippen LogP contribution in [0.2, 0.25) is 0 Å². The molecule has 0 amide bonds. The van der Waals surface area contributed by atoms with Crippen LogP contribution in [0.15, 0.2) is 115 Å². The summed E-state index contributed by atoms with van der Waals surface area (Å²) in [5.74, 6) is -2.85. The number of hydrogen-bond acceptors (Lipinski definition) is 0. The van der Waals surface area contributed by atoms with E-state index in [1.54, 1.807) is 0 Å². The second kappa shape index (κ2) is 8.33. The molecule has 4 rings (SSSR count). The van der Waals surface area contributed by atoms with E-state index in [1.165, 1.54) is 21.5 Å². The number of hydrogen-bond donors (Lipinski definition) is 0. The molecule has 0 saturated heterocycles. The fourth-order valence-electron chi connectivity index (χ4n) is 4.10. The molecule has 0 fully saturated rings. The van der Waals surface area contributed by atoms with Crippen LogP contribution in [-0.4, -0.2) is 0 Å². The van der Waals surface area contributed by atoms with Gasteiger partial charge in [-0.2, -0.15) is 0 Å². The van der Waals surface area contributed by atoms with Crippen molar-refractivity contribution >= 4 is 44.7 Å². The molecule has 0 saturated carbocycles. The van der Waals surface area contributed by atoms with Crippen molar-refractivity contribution in [3.05, 3.63) is 126 Å². The molecule has 4 aromatic rings. The van der Waals surface area contributed by atoms with Gasteiger partial charge in [-0.25, -0.2) is 0 Å². The van der Waals surface area contributed by atoms with Crippen LogP contribution in [0.1, 0.15) is 11.1 Å². The number of rotatable bonds is 6. The molecule has 0 heterocycles. The van der Waals surface area contributed by atoms with Gasteiger partial charge in [-0.05, 0) is 0 Å². The first kappa shape index (κ1) is 20.2. The zero-order valence-electron chi connectivity index (χ0n) is 16.1. The Bertz CT molecular complexity index is 980. The Hall–Kier alpha value is -2.11. The van der Waals surface area contributed by atoms with E-state index in [9.17, 15) is 0 Å². The molecule has 3 heteroatoms. The molecule has 0 aliphatic rings. The van der Waals surface area contributed by atoms with Crippen LogP contribution in [0, 0.1) is 0 Å². The fraction of sp³-hybridized carbons (Fsp3) is 0.0769. The van der Waals surface area contributed by atoms with Crippen LogP contribution in [0.3, 0.4) is 0 Å². The quantitative estimate of drug-likeness (QED) is 0.235. The van der Waals surface area contributed by atoms with E-state index in [-0.39, 0.29) is 0 Å². The Balaban J connectivity index is 2.10. The van der Waals surface area contributed by atoms with Gasteiger partial charge in [-0.1, -0.05) is 0 Å². The van der Waals surface area contributed by atoms with Gasteiger partial charge in [0.05, 0.1) is 0 Å². The van der Waals surface area contributed by atoms with Gasteiger partial charge in [0.25, 0.3) is 0 Å². The molecule has 0 nitrogen and oxygen atoms in total. The van der Waals surface area contributed by atoms with Crippen LogP contribution in [0.25, 0.3) is 0 Å². The maximum absolute atomic E-state index is 8.12. The number of halogens is 2. The summed E-state index contributed by atoms with van der Waals surface area (Å²) in [6.45, 7) is 0. The van der Waals surface area contributed by atoms with Crippen LogP contribution in [-0.2, 0) is 12.0 Å². The Kier molecular flexibility index (Phi) is 5.79. The SMILES string of the molecule is ClCc1ccccc1CP(Cl)(c1ccccc1)(c1ccccc1)c1ccccc1. The molecule has 0 aromatic heterocycles. The Morgan fingerprint density at radius 3 is 1.21 bits per heavy atom. The summed E-state index contributed by atoms with van der Waals surface area (Å²) in [6, 6.07) is 40.1. The van der Waals surface area contributed by atoms with Crippen molar-refractivity contribution in [3.8, 4) is 0 Å². The van der Waals surface area contributed by atoms with Crippen molar-refractivity contribution in [2.45, 2.75) is 12.0 Å². The van der Waals surface area contributed by atoms with Gasteiger partial charge in [0.2, 0.25) is 0 Å². The molecule has 0 N–H and O–H groups in total. The predicted octanol–water partition coefficient (Wildman–Crippen LogP) is 6.61. The molecule has 146 valence electrons. The molecule has 0 aliphatic heterocycles. The van der Waals surface area contributed by atoms with E-state index in [0.29, 0.717) is 12.0 Å². The van der Waals surface area contributed by atoms with E-state index >= 15 is 0 Å². The number of benzene rings is 4. The number of alkyl halides is 1. The van der Waals surface area contributed by atoms with Crippen molar-refractivity contribution < 1.29 is 0 Å². The minimum absolute atomic E-state index is 0.470. The summed E-state index contributed by atoms with van der Waals surface area (Å²) in [5, 5.41) is 3.51. The van der Waals surface area contributed by atoms with Gasteiger partial charge >= 0.3 is 183 Å². The van der Waals surface area contributed by atoms with Crippen molar-refractivity contribution in [2.24, 2.45) is 0 Å². The van der Waals surface area contributed by atoms with Crippen molar-refractivity contribution in [1.82, 2.24) is 0 Å². The summed E-state index contributed by atoms with van der Waals surface area (Å²) in [4.78, 5) is 0. The van der Waals surface area contributed by atoms with E-state index in [0.717, 1.165) is 5.56 Å². The normalized spacial score (nSPS) is 12.8. The third-order valence-corrected chi connectivity index (χ3v) is 13.1. The molecule has 0 bridgehead atoms. The van der Waals surface area contributed by atoms with Crippen LogP contribution < -0.4 is 15.9 Å². The van der Waals surface area contributed by atoms with E-state index < -0.39 is 5.96 Å². The molecule has 0 atom stereocenters.